The number of amides is 1. The van der Waals surface area contributed by atoms with Gasteiger partial charge in [-0.1, -0.05) is 36.4 Å². The number of nitrogens with zero attached hydrogens (tertiary/aromatic N) is 1. The molecule has 0 bridgehead atoms. The Morgan fingerprint density at radius 1 is 1.08 bits per heavy atom. The van der Waals surface area contributed by atoms with E-state index in [2.05, 4.69) is 45.2 Å². The summed E-state index contributed by atoms with van der Waals surface area (Å²) >= 11 is 0. The lowest BCUT2D eigenvalue weighted by Crippen LogP contribution is -2.35. The van der Waals surface area contributed by atoms with Gasteiger partial charge in [0.2, 0.25) is 5.91 Å². The van der Waals surface area contributed by atoms with Crippen molar-refractivity contribution in [3.63, 3.8) is 0 Å². The molecule has 1 amide bonds. The maximum Gasteiger partial charge on any atom is 0.233 e. The summed E-state index contributed by atoms with van der Waals surface area (Å²) in [5.41, 5.74) is 3.61. The van der Waals surface area contributed by atoms with E-state index in [4.69, 9.17) is 0 Å². The molecule has 0 spiro atoms. The van der Waals surface area contributed by atoms with E-state index in [1.807, 2.05) is 18.2 Å². The molecule has 0 fully saturated rings. The molecule has 0 unspecified atom stereocenters. The Kier molecular flexibility index (Phi) is 6.40. The molecule has 0 saturated heterocycles. The number of aryl methyl sites for hydroxylation is 1. The van der Waals surface area contributed by atoms with Gasteiger partial charge in [0.25, 0.3) is 0 Å². The zero-order chi connectivity index (χ0) is 17.3. The summed E-state index contributed by atoms with van der Waals surface area (Å²) in [6.07, 6.45) is 3.97. The highest BCUT2D eigenvalue weighted by Gasteiger charge is 2.10. The van der Waals surface area contributed by atoms with Gasteiger partial charge in [0.15, 0.2) is 0 Å². The third-order valence-electron chi connectivity index (χ3n) is 4.37. The number of fused-ring (bicyclic) bond motifs is 1. The molecule has 0 aliphatic carbocycles. The topological polar surface area (TPSA) is 66.0 Å². The van der Waals surface area contributed by atoms with Crippen LogP contribution in [0.15, 0.2) is 42.5 Å². The molecule has 1 aliphatic rings. The molecule has 1 aromatic heterocycles. The molecule has 25 heavy (non-hydrogen) atoms. The fourth-order valence-corrected chi connectivity index (χ4v) is 2.98. The first-order valence-electron chi connectivity index (χ1n) is 9.05. The lowest BCUT2D eigenvalue weighted by Gasteiger charge is -2.17. The third kappa shape index (κ3) is 5.57. The summed E-state index contributed by atoms with van der Waals surface area (Å²) in [6.45, 7) is 2.77. The number of nitrogens with one attached hydrogen (secondary N) is 3. The predicted molar refractivity (Wildman–Crippen MR) is 101 cm³/mol. The first-order chi connectivity index (χ1) is 12.3. The highest BCUT2D eigenvalue weighted by molar-refractivity contribution is 5.77. The van der Waals surface area contributed by atoms with Crippen LogP contribution in [-0.2, 0) is 24.1 Å². The number of benzene rings is 1. The number of hydrogen-bond acceptors (Lipinski definition) is 4. The van der Waals surface area contributed by atoms with Crippen LogP contribution < -0.4 is 16.0 Å². The number of carbonyl (C=O) groups is 1. The second-order valence-corrected chi connectivity index (χ2v) is 6.35. The largest absolute Gasteiger partial charge is 0.370 e. The molecule has 3 rings (SSSR count). The van der Waals surface area contributed by atoms with Crippen LogP contribution in [0.25, 0.3) is 0 Å². The van der Waals surface area contributed by atoms with Crippen molar-refractivity contribution in [3.8, 4) is 0 Å². The lowest BCUT2D eigenvalue weighted by molar-refractivity contribution is -0.120. The quantitative estimate of drug-likeness (QED) is 0.644. The minimum atomic E-state index is 0.0380. The average Bonchev–Trinajstić information content (AvgIpc) is 2.66. The standard InChI is InChI=1S/C20H26N4O/c25-19(22-14-10-16-5-2-1-3-6-16)15-21-13-11-18-9-8-17-7-4-12-23-20(17)24-18/h1-3,5-6,8-9,21H,4,7,10-15H2,(H,22,25)(H,23,24). The van der Waals surface area contributed by atoms with Crippen LogP contribution in [0.4, 0.5) is 5.82 Å². The van der Waals surface area contributed by atoms with Crippen LogP contribution >= 0.6 is 0 Å². The summed E-state index contributed by atoms with van der Waals surface area (Å²) in [5, 5.41) is 9.49. The molecule has 132 valence electrons. The van der Waals surface area contributed by atoms with Gasteiger partial charge < -0.3 is 16.0 Å². The molecular formula is C20H26N4O. The Morgan fingerprint density at radius 3 is 2.84 bits per heavy atom. The van der Waals surface area contributed by atoms with Crippen LogP contribution in [-0.4, -0.2) is 37.1 Å². The third-order valence-corrected chi connectivity index (χ3v) is 4.37. The van der Waals surface area contributed by atoms with Crippen molar-refractivity contribution in [3.05, 3.63) is 59.3 Å². The molecule has 3 N–H and O–H groups in total. The van der Waals surface area contributed by atoms with Gasteiger partial charge in [0, 0.05) is 31.7 Å². The summed E-state index contributed by atoms with van der Waals surface area (Å²) in [4.78, 5) is 16.5. The van der Waals surface area contributed by atoms with Gasteiger partial charge in [-0.25, -0.2) is 4.98 Å². The van der Waals surface area contributed by atoms with Crippen molar-refractivity contribution in [2.75, 3.05) is 31.5 Å². The minimum absolute atomic E-state index is 0.0380. The zero-order valence-corrected chi connectivity index (χ0v) is 14.6. The Labute approximate surface area is 149 Å². The molecule has 0 saturated carbocycles. The second kappa shape index (κ2) is 9.18. The van der Waals surface area contributed by atoms with E-state index >= 15 is 0 Å². The minimum Gasteiger partial charge on any atom is -0.370 e. The zero-order valence-electron chi connectivity index (χ0n) is 14.6. The number of anilines is 1. The Balaban J connectivity index is 1.31. The van der Waals surface area contributed by atoms with Gasteiger partial charge in [-0.05, 0) is 36.5 Å². The molecule has 5 heteroatoms. The van der Waals surface area contributed by atoms with E-state index in [9.17, 15) is 4.79 Å². The molecule has 5 nitrogen and oxygen atoms in total. The number of carbonyl (C=O) groups excluding carboxylic acids is 1. The highest BCUT2D eigenvalue weighted by Crippen LogP contribution is 2.19. The monoisotopic (exact) mass is 338 g/mol. The molecule has 0 atom stereocenters. The van der Waals surface area contributed by atoms with Crippen LogP contribution in [0.2, 0.25) is 0 Å². The van der Waals surface area contributed by atoms with Crippen LogP contribution in [0.3, 0.4) is 0 Å². The molecular weight excluding hydrogens is 312 g/mol. The maximum absolute atomic E-state index is 11.8. The first-order valence-corrected chi connectivity index (χ1v) is 9.05. The second-order valence-electron chi connectivity index (χ2n) is 6.35. The van der Waals surface area contributed by atoms with E-state index in [0.717, 1.165) is 43.9 Å². The van der Waals surface area contributed by atoms with E-state index in [0.29, 0.717) is 13.1 Å². The predicted octanol–water partition coefficient (Wildman–Crippen LogP) is 1.93. The van der Waals surface area contributed by atoms with Crippen molar-refractivity contribution in [1.82, 2.24) is 15.6 Å². The summed E-state index contributed by atoms with van der Waals surface area (Å²) in [7, 11) is 0. The smallest absolute Gasteiger partial charge is 0.233 e. The van der Waals surface area contributed by atoms with Gasteiger partial charge in [-0.2, -0.15) is 0 Å². The van der Waals surface area contributed by atoms with Crippen molar-refractivity contribution in [2.45, 2.75) is 25.7 Å². The molecule has 2 aromatic rings. The molecule has 2 heterocycles. The SMILES string of the molecule is O=C(CNCCc1ccc2c(n1)NCCC2)NCCc1ccccc1. The molecule has 1 aliphatic heterocycles. The van der Waals surface area contributed by atoms with Crippen LogP contribution in [0, 0.1) is 0 Å². The van der Waals surface area contributed by atoms with Crippen molar-refractivity contribution in [1.29, 1.82) is 0 Å². The number of rotatable bonds is 8. The van der Waals surface area contributed by atoms with Crippen LogP contribution in [0.5, 0.6) is 0 Å². The first kappa shape index (κ1) is 17.4. The van der Waals surface area contributed by atoms with Gasteiger partial charge in [-0.3, -0.25) is 4.79 Å². The van der Waals surface area contributed by atoms with Gasteiger partial charge in [0.05, 0.1) is 6.54 Å². The fourth-order valence-electron chi connectivity index (χ4n) is 2.98. The Morgan fingerprint density at radius 2 is 1.96 bits per heavy atom. The number of hydrogen-bond donors (Lipinski definition) is 3. The van der Waals surface area contributed by atoms with E-state index in [1.54, 1.807) is 0 Å². The van der Waals surface area contributed by atoms with Crippen LogP contribution in [0.1, 0.15) is 23.2 Å². The summed E-state index contributed by atoms with van der Waals surface area (Å²) in [5.74, 6) is 1.07. The van der Waals surface area contributed by atoms with E-state index in [-0.39, 0.29) is 5.91 Å². The molecule has 0 radical (unpaired) electrons. The van der Waals surface area contributed by atoms with Crippen molar-refractivity contribution >= 4 is 11.7 Å². The average molecular weight is 338 g/mol. The summed E-state index contributed by atoms with van der Waals surface area (Å²) in [6, 6.07) is 14.4. The molecule has 1 aromatic carbocycles. The normalized spacial score (nSPS) is 13.0. The lowest BCUT2D eigenvalue weighted by atomic mass is 10.1. The highest BCUT2D eigenvalue weighted by atomic mass is 16.1. The van der Waals surface area contributed by atoms with Gasteiger partial charge >= 0.3 is 0 Å². The maximum atomic E-state index is 11.8. The van der Waals surface area contributed by atoms with Gasteiger partial charge in [-0.15, -0.1) is 0 Å². The van der Waals surface area contributed by atoms with Gasteiger partial charge in [0.1, 0.15) is 5.82 Å². The van der Waals surface area contributed by atoms with E-state index in [1.165, 1.54) is 17.5 Å². The number of aromatic nitrogens is 1. The fraction of sp³-hybridized carbons (Fsp3) is 0.400. The van der Waals surface area contributed by atoms with E-state index < -0.39 is 0 Å². The Hall–Kier alpha value is -2.40. The number of pyridine rings is 1. The summed E-state index contributed by atoms with van der Waals surface area (Å²) < 4.78 is 0. The van der Waals surface area contributed by atoms with Crippen molar-refractivity contribution in [2.24, 2.45) is 0 Å². The Bertz CT molecular complexity index is 687. The van der Waals surface area contributed by atoms with Crippen molar-refractivity contribution < 1.29 is 4.79 Å².